The van der Waals surface area contributed by atoms with Crippen molar-refractivity contribution in [2.45, 2.75) is 33.8 Å². The minimum Gasteiger partial charge on any atom is -0.504 e. The van der Waals surface area contributed by atoms with Gasteiger partial charge in [0, 0.05) is 11.1 Å². The van der Waals surface area contributed by atoms with Crippen LogP contribution in [0, 0.1) is 13.8 Å². The van der Waals surface area contributed by atoms with Crippen LogP contribution in [-0.4, -0.2) is 18.2 Å². The molecule has 0 aromatic heterocycles. The van der Waals surface area contributed by atoms with Crippen LogP contribution in [-0.2, 0) is 9.53 Å². The molecule has 0 fully saturated rings. The molecule has 0 heterocycles. The van der Waals surface area contributed by atoms with Crippen molar-refractivity contribution in [3.8, 4) is 11.5 Å². The minimum absolute atomic E-state index is 0.113. The molecular formula is C15H20O4. The Morgan fingerprint density at radius 1 is 1.42 bits per heavy atom. The van der Waals surface area contributed by atoms with E-state index in [1.165, 1.54) is 7.11 Å². The molecule has 0 bridgehead atoms. The van der Waals surface area contributed by atoms with Crippen LogP contribution in [0.5, 0.6) is 11.5 Å². The molecule has 0 aliphatic rings. The Kier molecular flexibility index (Phi) is 4.59. The van der Waals surface area contributed by atoms with E-state index < -0.39 is 12.1 Å². The van der Waals surface area contributed by atoms with Crippen molar-refractivity contribution in [1.82, 2.24) is 0 Å². The second-order valence-electron chi connectivity index (χ2n) is 4.62. The van der Waals surface area contributed by atoms with E-state index in [1.54, 1.807) is 26.8 Å². The second-order valence-corrected chi connectivity index (χ2v) is 4.62. The van der Waals surface area contributed by atoms with Crippen molar-refractivity contribution in [1.29, 1.82) is 0 Å². The van der Waals surface area contributed by atoms with Crippen LogP contribution in [0.4, 0.5) is 0 Å². The van der Waals surface area contributed by atoms with Gasteiger partial charge >= 0.3 is 5.97 Å². The Bertz CT molecular complexity index is 517. The van der Waals surface area contributed by atoms with E-state index in [2.05, 4.69) is 6.58 Å². The maximum Gasteiger partial charge on any atom is 0.333 e. The van der Waals surface area contributed by atoms with Gasteiger partial charge in [-0.05, 0) is 44.9 Å². The van der Waals surface area contributed by atoms with Gasteiger partial charge in [-0.2, -0.15) is 0 Å². The van der Waals surface area contributed by atoms with Crippen LogP contribution < -0.4 is 4.74 Å². The highest BCUT2D eigenvalue weighted by Gasteiger charge is 2.20. The lowest BCUT2D eigenvalue weighted by atomic mass is 9.99. The van der Waals surface area contributed by atoms with Gasteiger partial charge in [0.15, 0.2) is 11.5 Å². The first-order valence-corrected chi connectivity index (χ1v) is 6.03. The average Bonchev–Trinajstić information content (AvgIpc) is 2.34. The Morgan fingerprint density at radius 3 is 2.47 bits per heavy atom. The normalized spacial score (nSPS) is 11.8. The lowest BCUT2D eigenvalue weighted by Crippen LogP contribution is -2.11. The van der Waals surface area contributed by atoms with Crippen molar-refractivity contribution in [3.63, 3.8) is 0 Å². The molecule has 0 aliphatic heterocycles. The Balaban J connectivity index is 3.17. The number of benzene rings is 1. The van der Waals surface area contributed by atoms with Crippen molar-refractivity contribution >= 4 is 5.97 Å². The van der Waals surface area contributed by atoms with Gasteiger partial charge in [-0.3, -0.25) is 0 Å². The van der Waals surface area contributed by atoms with E-state index in [0.29, 0.717) is 16.9 Å². The van der Waals surface area contributed by atoms with Gasteiger partial charge in [-0.1, -0.05) is 6.58 Å². The lowest BCUT2D eigenvalue weighted by Gasteiger charge is -2.19. The maximum atomic E-state index is 11.5. The summed E-state index contributed by atoms with van der Waals surface area (Å²) in [5, 5.41) is 9.91. The molecule has 0 spiro atoms. The number of carbonyl (C=O) groups excluding carboxylic acids is 1. The number of esters is 1. The molecular weight excluding hydrogens is 244 g/mol. The van der Waals surface area contributed by atoms with Gasteiger partial charge in [0.1, 0.15) is 6.10 Å². The molecule has 0 radical (unpaired) electrons. The van der Waals surface area contributed by atoms with Crippen LogP contribution in [0.3, 0.4) is 0 Å². The molecule has 0 aliphatic carbocycles. The fraction of sp³-hybridized carbons (Fsp3) is 0.400. The lowest BCUT2D eigenvalue weighted by molar-refractivity contribution is -0.143. The first-order chi connectivity index (χ1) is 8.79. The SMILES string of the molecule is C=C(C)C(=O)OC(C)c1cc(C)c(O)c(OC)c1C. The molecule has 0 saturated carbocycles. The van der Waals surface area contributed by atoms with Gasteiger partial charge in [-0.25, -0.2) is 4.79 Å². The number of aromatic hydroxyl groups is 1. The summed E-state index contributed by atoms with van der Waals surface area (Å²) in [5.41, 5.74) is 2.59. The smallest absolute Gasteiger partial charge is 0.333 e. The number of phenolic OH excluding ortho intramolecular Hbond substituents is 1. The van der Waals surface area contributed by atoms with Gasteiger partial charge < -0.3 is 14.6 Å². The van der Waals surface area contributed by atoms with E-state index in [-0.39, 0.29) is 5.75 Å². The maximum absolute atomic E-state index is 11.5. The van der Waals surface area contributed by atoms with Gasteiger partial charge in [-0.15, -0.1) is 0 Å². The number of methoxy groups -OCH3 is 1. The van der Waals surface area contributed by atoms with Crippen LogP contribution >= 0.6 is 0 Å². The third-order valence-corrected chi connectivity index (χ3v) is 3.01. The fourth-order valence-corrected chi connectivity index (χ4v) is 1.89. The van der Waals surface area contributed by atoms with Crippen LogP contribution in [0.25, 0.3) is 0 Å². The van der Waals surface area contributed by atoms with Gasteiger partial charge in [0.2, 0.25) is 0 Å². The monoisotopic (exact) mass is 264 g/mol. The van der Waals surface area contributed by atoms with E-state index in [9.17, 15) is 9.90 Å². The number of ether oxygens (including phenoxy) is 2. The van der Waals surface area contributed by atoms with Gasteiger partial charge in [0.05, 0.1) is 7.11 Å². The fourth-order valence-electron chi connectivity index (χ4n) is 1.89. The molecule has 4 nitrogen and oxygen atoms in total. The summed E-state index contributed by atoms with van der Waals surface area (Å²) in [7, 11) is 1.50. The Morgan fingerprint density at radius 2 is 2.00 bits per heavy atom. The molecule has 104 valence electrons. The second kappa shape index (κ2) is 5.78. The van der Waals surface area contributed by atoms with Crippen molar-refractivity contribution in [2.75, 3.05) is 7.11 Å². The molecule has 1 aromatic carbocycles. The van der Waals surface area contributed by atoms with Crippen molar-refractivity contribution in [2.24, 2.45) is 0 Å². The third-order valence-electron chi connectivity index (χ3n) is 3.01. The zero-order valence-electron chi connectivity index (χ0n) is 12.0. The number of rotatable bonds is 4. The van der Waals surface area contributed by atoms with Crippen LogP contribution in [0.15, 0.2) is 18.2 Å². The van der Waals surface area contributed by atoms with Crippen LogP contribution in [0.2, 0.25) is 0 Å². The molecule has 0 amide bonds. The van der Waals surface area contributed by atoms with E-state index in [0.717, 1.165) is 11.1 Å². The molecule has 19 heavy (non-hydrogen) atoms. The highest BCUT2D eigenvalue weighted by atomic mass is 16.5. The first-order valence-electron chi connectivity index (χ1n) is 6.03. The summed E-state index contributed by atoms with van der Waals surface area (Å²) in [6.07, 6.45) is -0.433. The molecule has 1 unspecified atom stereocenters. The Labute approximate surface area is 113 Å². The predicted molar refractivity (Wildman–Crippen MR) is 73.5 cm³/mol. The summed E-state index contributed by atoms with van der Waals surface area (Å²) in [6, 6.07) is 1.80. The quantitative estimate of drug-likeness (QED) is 0.670. The van der Waals surface area contributed by atoms with Gasteiger partial charge in [0.25, 0.3) is 0 Å². The molecule has 4 heteroatoms. The van der Waals surface area contributed by atoms with E-state index in [1.807, 2.05) is 6.92 Å². The molecule has 0 saturated heterocycles. The standard InChI is InChI=1S/C15H20O4/c1-8(2)15(17)19-11(5)12-7-9(3)13(16)14(18-6)10(12)4/h7,11,16H,1H2,2-6H3. The molecule has 1 aromatic rings. The van der Waals surface area contributed by atoms with Crippen molar-refractivity contribution in [3.05, 3.63) is 34.9 Å². The zero-order chi connectivity index (χ0) is 14.7. The third kappa shape index (κ3) is 3.08. The van der Waals surface area contributed by atoms with Crippen LogP contribution in [0.1, 0.15) is 36.6 Å². The summed E-state index contributed by atoms with van der Waals surface area (Å²) in [6.45, 7) is 10.5. The number of hydrogen-bond acceptors (Lipinski definition) is 4. The summed E-state index contributed by atoms with van der Waals surface area (Å²) in [5.74, 6) is 0.0898. The Hall–Kier alpha value is -1.97. The number of carbonyl (C=O) groups is 1. The first kappa shape index (κ1) is 15.1. The topological polar surface area (TPSA) is 55.8 Å². The highest BCUT2D eigenvalue weighted by Crippen LogP contribution is 2.38. The molecule has 1 rings (SSSR count). The number of aryl methyl sites for hydroxylation is 1. The van der Waals surface area contributed by atoms with E-state index in [4.69, 9.17) is 9.47 Å². The highest BCUT2D eigenvalue weighted by molar-refractivity contribution is 5.87. The largest absolute Gasteiger partial charge is 0.504 e. The number of phenols is 1. The minimum atomic E-state index is -0.434. The van der Waals surface area contributed by atoms with Crippen molar-refractivity contribution < 1.29 is 19.4 Å². The summed E-state index contributed by atoms with van der Waals surface area (Å²) < 4.78 is 10.5. The average molecular weight is 264 g/mol. The predicted octanol–water partition coefficient (Wildman–Crippen LogP) is 3.20. The summed E-state index contributed by atoms with van der Waals surface area (Å²) >= 11 is 0. The summed E-state index contributed by atoms with van der Waals surface area (Å²) in [4.78, 5) is 11.5. The van der Waals surface area contributed by atoms with E-state index >= 15 is 0 Å². The molecule has 1 atom stereocenters. The molecule has 1 N–H and O–H groups in total. The zero-order valence-corrected chi connectivity index (χ0v) is 12.0. The number of hydrogen-bond donors (Lipinski definition) is 1.